The number of carboxylic acid groups (broad SMARTS) is 1. The molecule has 0 spiro atoms. The summed E-state index contributed by atoms with van der Waals surface area (Å²) in [6, 6.07) is 0. The quantitative estimate of drug-likeness (QED) is 0.698. The molecule has 1 atom stereocenters. The molecule has 5 nitrogen and oxygen atoms in total. The van der Waals surface area contributed by atoms with Crippen LogP contribution in [0, 0.1) is 5.92 Å². The first kappa shape index (κ1) is 15.2. The number of nitrogens with one attached hydrogen (secondary N) is 1. The van der Waals surface area contributed by atoms with Crippen LogP contribution in [-0.2, 0) is 14.8 Å². The van der Waals surface area contributed by atoms with E-state index < -0.39 is 34.0 Å². The van der Waals surface area contributed by atoms with Gasteiger partial charge in [0, 0.05) is 6.54 Å². The predicted octanol–water partition coefficient (Wildman–Crippen LogP) is 0.927. The number of rotatable bonds is 6. The summed E-state index contributed by atoms with van der Waals surface area (Å²) in [5.41, 5.74) is -5.33. The van der Waals surface area contributed by atoms with Gasteiger partial charge in [-0.25, -0.2) is 13.1 Å². The minimum Gasteiger partial charge on any atom is -0.481 e. The summed E-state index contributed by atoms with van der Waals surface area (Å²) >= 11 is 0. The summed E-state index contributed by atoms with van der Waals surface area (Å²) in [6.07, 6.45) is 0.137. The molecule has 2 N–H and O–H groups in total. The van der Waals surface area contributed by atoms with E-state index in [-0.39, 0.29) is 12.8 Å². The molecular formula is C7H12F3NO4S. The van der Waals surface area contributed by atoms with Crippen molar-refractivity contribution in [2.75, 3.05) is 6.54 Å². The van der Waals surface area contributed by atoms with Gasteiger partial charge in [-0.2, -0.15) is 13.2 Å². The number of carbonyl (C=O) groups is 1. The minimum absolute atomic E-state index is 0.0305. The van der Waals surface area contributed by atoms with E-state index in [1.807, 2.05) is 0 Å². The van der Waals surface area contributed by atoms with E-state index in [9.17, 15) is 26.4 Å². The van der Waals surface area contributed by atoms with Crippen LogP contribution in [-0.4, -0.2) is 31.5 Å². The molecule has 0 saturated carbocycles. The third-order valence-corrected chi connectivity index (χ3v) is 3.03. The fourth-order valence-corrected chi connectivity index (χ4v) is 1.40. The van der Waals surface area contributed by atoms with Crippen molar-refractivity contribution in [2.24, 2.45) is 5.92 Å². The van der Waals surface area contributed by atoms with Crippen LogP contribution in [0.4, 0.5) is 13.2 Å². The maximum Gasteiger partial charge on any atom is 0.511 e. The lowest BCUT2D eigenvalue weighted by Gasteiger charge is -2.10. The number of halogens is 3. The molecule has 16 heavy (non-hydrogen) atoms. The van der Waals surface area contributed by atoms with Gasteiger partial charge in [-0.05, 0) is 12.8 Å². The van der Waals surface area contributed by atoms with E-state index in [2.05, 4.69) is 0 Å². The molecule has 0 amide bonds. The Morgan fingerprint density at radius 2 is 1.94 bits per heavy atom. The van der Waals surface area contributed by atoms with Gasteiger partial charge in [0.05, 0.1) is 5.92 Å². The monoisotopic (exact) mass is 263 g/mol. The minimum atomic E-state index is -5.33. The maximum atomic E-state index is 11.8. The summed E-state index contributed by atoms with van der Waals surface area (Å²) in [4.78, 5) is 10.3. The summed E-state index contributed by atoms with van der Waals surface area (Å²) in [5.74, 6) is -1.78. The van der Waals surface area contributed by atoms with Gasteiger partial charge in [0.2, 0.25) is 0 Å². The molecule has 1 unspecified atom stereocenters. The van der Waals surface area contributed by atoms with Crippen molar-refractivity contribution in [1.29, 1.82) is 0 Å². The van der Waals surface area contributed by atoms with E-state index >= 15 is 0 Å². The highest BCUT2D eigenvalue weighted by Crippen LogP contribution is 2.21. The van der Waals surface area contributed by atoms with Crippen molar-refractivity contribution in [3.8, 4) is 0 Å². The fourth-order valence-electron chi connectivity index (χ4n) is 0.820. The largest absolute Gasteiger partial charge is 0.511 e. The normalized spacial score (nSPS) is 14.8. The van der Waals surface area contributed by atoms with Crippen LogP contribution in [0.2, 0.25) is 0 Å². The van der Waals surface area contributed by atoms with Gasteiger partial charge < -0.3 is 5.11 Å². The average Bonchev–Trinajstić information content (AvgIpc) is 2.09. The van der Waals surface area contributed by atoms with Crippen molar-refractivity contribution >= 4 is 16.0 Å². The molecule has 0 saturated heterocycles. The molecule has 0 aliphatic heterocycles. The van der Waals surface area contributed by atoms with Crippen LogP contribution >= 0.6 is 0 Å². The number of carboxylic acids is 1. The molecule has 0 aromatic rings. The Labute approximate surface area is 90.7 Å². The van der Waals surface area contributed by atoms with Gasteiger partial charge in [0.1, 0.15) is 0 Å². The van der Waals surface area contributed by atoms with E-state index in [0.29, 0.717) is 0 Å². The zero-order valence-electron chi connectivity index (χ0n) is 8.41. The van der Waals surface area contributed by atoms with Crippen LogP contribution in [0.25, 0.3) is 0 Å². The lowest BCUT2D eigenvalue weighted by atomic mass is 10.1. The summed E-state index contributed by atoms with van der Waals surface area (Å²) < 4.78 is 57.7. The maximum absolute atomic E-state index is 11.8. The molecule has 96 valence electrons. The summed E-state index contributed by atoms with van der Waals surface area (Å²) in [5, 5.41) is 8.45. The van der Waals surface area contributed by atoms with Gasteiger partial charge in [0.15, 0.2) is 0 Å². The van der Waals surface area contributed by atoms with Crippen LogP contribution in [0.5, 0.6) is 0 Å². The molecule has 0 aromatic heterocycles. The Bertz CT molecular complexity index is 338. The first-order chi connectivity index (χ1) is 7.08. The SMILES string of the molecule is CC(CCCNS(=O)(=O)C(F)(F)F)C(=O)O. The van der Waals surface area contributed by atoms with Gasteiger partial charge in [-0.1, -0.05) is 6.92 Å². The van der Waals surface area contributed by atoms with Crippen molar-refractivity contribution in [1.82, 2.24) is 4.72 Å². The van der Waals surface area contributed by atoms with Gasteiger partial charge >= 0.3 is 21.5 Å². The molecular weight excluding hydrogens is 251 g/mol. The van der Waals surface area contributed by atoms with E-state index in [0.717, 1.165) is 0 Å². The third kappa shape index (κ3) is 4.79. The lowest BCUT2D eigenvalue weighted by molar-refractivity contribution is -0.141. The number of aliphatic carboxylic acids is 1. The molecule has 0 aromatic carbocycles. The predicted molar refractivity (Wildman–Crippen MR) is 49.0 cm³/mol. The Hall–Kier alpha value is -0.830. The lowest BCUT2D eigenvalue weighted by Crippen LogP contribution is -2.37. The first-order valence-corrected chi connectivity index (χ1v) is 5.85. The number of hydrogen-bond acceptors (Lipinski definition) is 3. The second kappa shape index (κ2) is 5.48. The molecule has 0 radical (unpaired) electrons. The van der Waals surface area contributed by atoms with Crippen molar-refractivity contribution in [3.05, 3.63) is 0 Å². The molecule has 0 heterocycles. The van der Waals surface area contributed by atoms with Crippen LogP contribution < -0.4 is 4.72 Å². The second-order valence-electron chi connectivity index (χ2n) is 3.23. The zero-order chi connectivity index (χ0) is 13.0. The third-order valence-electron chi connectivity index (χ3n) is 1.83. The number of alkyl halides is 3. The molecule has 0 aliphatic rings. The van der Waals surface area contributed by atoms with Crippen LogP contribution in [0.3, 0.4) is 0 Å². The van der Waals surface area contributed by atoms with Crippen LogP contribution in [0.15, 0.2) is 0 Å². The van der Waals surface area contributed by atoms with E-state index in [1.54, 1.807) is 0 Å². The number of hydrogen-bond donors (Lipinski definition) is 2. The highest BCUT2D eigenvalue weighted by atomic mass is 32.2. The van der Waals surface area contributed by atoms with Crippen molar-refractivity contribution in [3.63, 3.8) is 0 Å². The van der Waals surface area contributed by atoms with Gasteiger partial charge in [-0.3, -0.25) is 4.79 Å². The molecule has 0 fully saturated rings. The van der Waals surface area contributed by atoms with Gasteiger partial charge in [0.25, 0.3) is 0 Å². The first-order valence-electron chi connectivity index (χ1n) is 4.36. The second-order valence-corrected chi connectivity index (χ2v) is 4.98. The zero-order valence-corrected chi connectivity index (χ0v) is 9.23. The van der Waals surface area contributed by atoms with E-state index in [1.165, 1.54) is 11.6 Å². The highest BCUT2D eigenvalue weighted by Gasteiger charge is 2.45. The Morgan fingerprint density at radius 1 is 1.44 bits per heavy atom. The molecule has 0 bridgehead atoms. The number of sulfonamides is 1. The smallest absolute Gasteiger partial charge is 0.481 e. The summed E-state index contributed by atoms with van der Waals surface area (Å²) in [6.45, 7) is 0.958. The van der Waals surface area contributed by atoms with Crippen molar-refractivity contribution in [2.45, 2.75) is 25.3 Å². The van der Waals surface area contributed by atoms with Crippen molar-refractivity contribution < 1.29 is 31.5 Å². The van der Waals surface area contributed by atoms with Gasteiger partial charge in [-0.15, -0.1) is 0 Å². The highest BCUT2D eigenvalue weighted by molar-refractivity contribution is 7.90. The Morgan fingerprint density at radius 3 is 2.31 bits per heavy atom. The Balaban J connectivity index is 3.98. The molecule has 9 heteroatoms. The van der Waals surface area contributed by atoms with E-state index in [4.69, 9.17) is 5.11 Å². The molecule has 0 aliphatic carbocycles. The molecule has 0 rings (SSSR count). The summed E-state index contributed by atoms with van der Waals surface area (Å²) in [7, 11) is -5.31. The topological polar surface area (TPSA) is 83.5 Å². The standard InChI is InChI=1S/C7H12F3NO4S/c1-5(6(12)13)3-2-4-11-16(14,15)7(8,9)10/h5,11H,2-4H2,1H3,(H,12,13). The fraction of sp³-hybridized carbons (Fsp3) is 0.857. The Kier molecular flexibility index (Phi) is 5.20. The van der Waals surface area contributed by atoms with Crippen LogP contribution in [0.1, 0.15) is 19.8 Å². The average molecular weight is 263 g/mol.